The largest absolute Gasteiger partial charge is 0.492 e. The number of aromatic nitrogens is 2. The van der Waals surface area contributed by atoms with Crippen LogP contribution in [0.3, 0.4) is 0 Å². The van der Waals surface area contributed by atoms with Crippen molar-refractivity contribution in [2.45, 2.75) is 6.54 Å². The molecule has 1 heterocycles. The van der Waals surface area contributed by atoms with Crippen molar-refractivity contribution >= 4 is 11.7 Å². The normalized spacial score (nSPS) is 10.1. The molecule has 1 aromatic carbocycles. The molecule has 0 aliphatic carbocycles. The smallest absolute Gasteiger partial charge is 0.381 e. The van der Waals surface area contributed by atoms with Crippen LogP contribution in [0.1, 0.15) is 10.4 Å². The number of nitrogens with two attached hydrogens (primary N) is 1. The van der Waals surface area contributed by atoms with Gasteiger partial charge in [-0.05, 0) is 28.1 Å². The van der Waals surface area contributed by atoms with Crippen molar-refractivity contribution in [1.82, 2.24) is 15.0 Å². The molecule has 21 heavy (non-hydrogen) atoms. The molecule has 0 aliphatic heterocycles. The molecular formula is C12H13N5O4. The van der Waals surface area contributed by atoms with E-state index in [1.54, 1.807) is 28.8 Å². The Morgan fingerprint density at radius 3 is 3.00 bits per heavy atom. The summed E-state index contributed by atoms with van der Waals surface area (Å²) in [6, 6.07) is 6.53. The SMILES string of the molecule is NNC(=O)c1cccc(OCCn2cnc([N+](=O)[O-])c2)c1. The Morgan fingerprint density at radius 1 is 1.52 bits per heavy atom. The molecule has 110 valence electrons. The van der Waals surface area contributed by atoms with Crippen molar-refractivity contribution in [2.75, 3.05) is 6.61 Å². The van der Waals surface area contributed by atoms with Gasteiger partial charge in [-0.2, -0.15) is 0 Å². The van der Waals surface area contributed by atoms with Gasteiger partial charge in [0, 0.05) is 5.56 Å². The first kappa shape index (κ1) is 14.5. The number of nitrogens with zero attached hydrogens (tertiary/aromatic N) is 3. The number of nitro groups is 1. The number of nitrogens with one attached hydrogen (secondary N) is 1. The third kappa shape index (κ3) is 3.76. The van der Waals surface area contributed by atoms with Crippen LogP contribution in [-0.4, -0.2) is 27.0 Å². The average molecular weight is 291 g/mol. The summed E-state index contributed by atoms with van der Waals surface area (Å²) in [4.78, 5) is 24.9. The molecule has 0 saturated heterocycles. The fourth-order valence-electron chi connectivity index (χ4n) is 1.64. The van der Waals surface area contributed by atoms with Crippen molar-refractivity contribution in [3.8, 4) is 5.75 Å². The second kappa shape index (κ2) is 6.48. The number of carbonyl (C=O) groups excluding carboxylic acids is 1. The lowest BCUT2D eigenvalue weighted by molar-refractivity contribution is -0.389. The van der Waals surface area contributed by atoms with Crippen LogP contribution in [-0.2, 0) is 6.54 Å². The minimum Gasteiger partial charge on any atom is -0.492 e. The maximum absolute atomic E-state index is 11.4. The number of hydrogen-bond donors (Lipinski definition) is 2. The van der Waals surface area contributed by atoms with E-state index in [0.29, 0.717) is 17.9 Å². The van der Waals surface area contributed by atoms with Crippen LogP contribution in [0.5, 0.6) is 5.75 Å². The Kier molecular flexibility index (Phi) is 4.46. The van der Waals surface area contributed by atoms with Gasteiger partial charge in [0.2, 0.25) is 6.33 Å². The number of nitrogen functional groups attached to an aromatic ring is 1. The van der Waals surface area contributed by atoms with E-state index in [0.717, 1.165) is 0 Å². The maximum Gasteiger partial charge on any atom is 0.381 e. The monoisotopic (exact) mass is 291 g/mol. The van der Waals surface area contributed by atoms with Gasteiger partial charge >= 0.3 is 5.82 Å². The van der Waals surface area contributed by atoms with Gasteiger partial charge in [0.25, 0.3) is 5.91 Å². The van der Waals surface area contributed by atoms with E-state index in [4.69, 9.17) is 10.6 Å². The van der Waals surface area contributed by atoms with Crippen LogP contribution < -0.4 is 16.0 Å². The van der Waals surface area contributed by atoms with E-state index in [-0.39, 0.29) is 12.4 Å². The number of benzene rings is 1. The van der Waals surface area contributed by atoms with E-state index in [1.165, 1.54) is 12.5 Å². The molecule has 0 spiro atoms. The third-order valence-corrected chi connectivity index (χ3v) is 2.65. The van der Waals surface area contributed by atoms with Gasteiger partial charge in [0.1, 0.15) is 18.6 Å². The number of carbonyl (C=O) groups is 1. The minimum atomic E-state index is -0.563. The second-order valence-electron chi connectivity index (χ2n) is 4.08. The van der Waals surface area contributed by atoms with Crippen molar-refractivity contribution < 1.29 is 14.5 Å². The number of imidazole rings is 1. The molecule has 0 atom stereocenters. The fraction of sp³-hybridized carbons (Fsp3) is 0.167. The Morgan fingerprint density at radius 2 is 2.33 bits per heavy atom. The first-order valence-corrected chi connectivity index (χ1v) is 6.00. The molecule has 2 aromatic rings. The molecule has 0 bridgehead atoms. The highest BCUT2D eigenvalue weighted by atomic mass is 16.6. The van der Waals surface area contributed by atoms with Crippen LogP contribution in [0.15, 0.2) is 36.8 Å². The standard InChI is InChI=1S/C12H13N5O4/c13-15-12(18)9-2-1-3-10(6-9)21-5-4-16-7-11(14-8-16)17(19)20/h1-3,6-8H,4-5,13H2,(H,15,18). The quantitative estimate of drug-likeness (QED) is 0.345. The van der Waals surface area contributed by atoms with Gasteiger partial charge in [0.15, 0.2) is 0 Å². The van der Waals surface area contributed by atoms with Gasteiger partial charge in [0.05, 0.1) is 6.54 Å². The zero-order valence-corrected chi connectivity index (χ0v) is 10.9. The summed E-state index contributed by atoms with van der Waals surface area (Å²) in [6.45, 7) is 0.676. The molecule has 0 fully saturated rings. The van der Waals surface area contributed by atoms with Gasteiger partial charge in [-0.15, -0.1) is 0 Å². The van der Waals surface area contributed by atoms with Crippen LogP contribution in [0.2, 0.25) is 0 Å². The van der Waals surface area contributed by atoms with Crippen LogP contribution >= 0.6 is 0 Å². The number of rotatable bonds is 6. The van der Waals surface area contributed by atoms with E-state index in [2.05, 4.69) is 4.98 Å². The van der Waals surface area contributed by atoms with Crippen molar-refractivity contribution in [2.24, 2.45) is 5.84 Å². The highest BCUT2D eigenvalue weighted by Gasteiger charge is 2.09. The van der Waals surface area contributed by atoms with Crippen LogP contribution in [0, 0.1) is 10.1 Å². The van der Waals surface area contributed by atoms with Gasteiger partial charge in [-0.1, -0.05) is 6.07 Å². The number of ether oxygens (including phenoxy) is 1. The van der Waals surface area contributed by atoms with Crippen molar-refractivity contribution in [3.63, 3.8) is 0 Å². The van der Waals surface area contributed by atoms with Gasteiger partial charge < -0.3 is 19.4 Å². The molecule has 1 amide bonds. The summed E-state index contributed by atoms with van der Waals surface area (Å²) in [6.07, 6.45) is 2.68. The molecule has 1 aromatic heterocycles. The van der Waals surface area contributed by atoms with E-state index in [9.17, 15) is 14.9 Å². The lowest BCUT2D eigenvalue weighted by Crippen LogP contribution is -2.29. The van der Waals surface area contributed by atoms with E-state index >= 15 is 0 Å². The lowest BCUT2D eigenvalue weighted by Gasteiger charge is -2.07. The summed E-state index contributed by atoms with van der Waals surface area (Å²) in [5.41, 5.74) is 2.42. The molecule has 3 N–H and O–H groups in total. The van der Waals surface area contributed by atoms with E-state index < -0.39 is 10.8 Å². The molecule has 9 heteroatoms. The predicted molar refractivity (Wildman–Crippen MR) is 72.5 cm³/mol. The topological polar surface area (TPSA) is 125 Å². The Hall–Kier alpha value is -2.94. The number of amides is 1. The summed E-state index contributed by atoms with van der Waals surface area (Å²) < 4.78 is 7.03. The molecule has 2 rings (SSSR count). The fourth-order valence-corrected chi connectivity index (χ4v) is 1.64. The summed E-state index contributed by atoms with van der Waals surface area (Å²) in [5.74, 6) is 4.93. The van der Waals surface area contributed by atoms with Crippen LogP contribution in [0.25, 0.3) is 0 Å². The summed E-state index contributed by atoms with van der Waals surface area (Å²) in [5, 5.41) is 10.5. The number of hydrogen-bond acceptors (Lipinski definition) is 6. The third-order valence-electron chi connectivity index (χ3n) is 2.65. The molecule has 0 saturated carbocycles. The highest BCUT2D eigenvalue weighted by Crippen LogP contribution is 2.13. The zero-order valence-electron chi connectivity index (χ0n) is 10.9. The van der Waals surface area contributed by atoms with Crippen molar-refractivity contribution in [3.05, 3.63) is 52.5 Å². The lowest BCUT2D eigenvalue weighted by atomic mass is 10.2. The average Bonchev–Trinajstić information content (AvgIpc) is 2.96. The van der Waals surface area contributed by atoms with Gasteiger partial charge in [-0.3, -0.25) is 10.2 Å². The molecular weight excluding hydrogens is 278 g/mol. The van der Waals surface area contributed by atoms with Crippen LogP contribution in [0.4, 0.5) is 5.82 Å². The molecule has 0 unspecified atom stereocenters. The number of hydrazine groups is 1. The van der Waals surface area contributed by atoms with Crippen molar-refractivity contribution in [1.29, 1.82) is 0 Å². The molecule has 0 radical (unpaired) electrons. The highest BCUT2D eigenvalue weighted by molar-refractivity contribution is 5.94. The Bertz CT molecular complexity index is 655. The Labute approximate surface area is 119 Å². The first-order chi connectivity index (χ1) is 10.1. The molecule has 0 aliphatic rings. The predicted octanol–water partition coefficient (Wildman–Crippen LogP) is 0.474. The van der Waals surface area contributed by atoms with E-state index in [1.807, 2.05) is 5.43 Å². The first-order valence-electron chi connectivity index (χ1n) is 6.00. The summed E-state index contributed by atoms with van der Waals surface area (Å²) in [7, 11) is 0. The zero-order chi connectivity index (χ0) is 15.2. The maximum atomic E-state index is 11.4. The second-order valence-corrected chi connectivity index (χ2v) is 4.08. The Balaban J connectivity index is 1.91. The minimum absolute atomic E-state index is 0.211. The summed E-state index contributed by atoms with van der Waals surface area (Å²) >= 11 is 0. The molecule has 9 nitrogen and oxygen atoms in total. The van der Waals surface area contributed by atoms with Gasteiger partial charge in [-0.25, -0.2) is 5.84 Å².